The fourth-order valence-corrected chi connectivity index (χ4v) is 6.60. The molecule has 4 rings (SSSR count). The Balaban J connectivity index is 1.62. The van der Waals surface area contributed by atoms with Crippen LogP contribution in [-0.2, 0) is 32.8 Å². The molecule has 2 aliphatic rings. The molecule has 1 saturated heterocycles. The van der Waals surface area contributed by atoms with Crippen molar-refractivity contribution in [3.63, 3.8) is 0 Å². The summed E-state index contributed by atoms with van der Waals surface area (Å²) in [6, 6.07) is 9.46. The van der Waals surface area contributed by atoms with Crippen molar-refractivity contribution in [1.29, 1.82) is 0 Å². The minimum Gasteiger partial charge on any atom is -0.490 e. The van der Waals surface area contributed by atoms with E-state index in [4.69, 9.17) is 4.74 Å². The molecule has 0 aliphatic carbocycles. The van der Waals surface area contributed by atoms with Crippen LogP contribution >= 0.6 is 0 Å². The van der Waals surface area contributed by atoms with E-state index >= 15 is 0 Å². The zero-order valence-corrected chi connectivity index (χ0v) is 22.7. The fourth-order valence-electron chi connectivity index (χ4n) is 4.48. The molecule has 36 heavy (non-hydrogen) atoms. The molecule has 11 heteroatoms. The minimum absolute atomic E-state index is 0.0416. The molecule has 0 unspecified atom stereocenters. The number of fused-ring (bicyclic) bond motifs is 1. The number of carbonyl (C=O) groups excluding carboxylic acids is 1. The molecule has 2 aromatic rings. The maximum absolute atomic E-state index is 13.6. The van der Waals surface area contributed by atoms with Crippen LogP contribution in [0.15, 0.2) is 46.2 Å². The van der Waals surface area contributed by atoms with Crippen molar-refractivity contribution in [2.75, 3.05) is 46.0 Å². The molecule has 196 valence electrons. The minimum atomic E-state index is -3.63. The van der Waals surface area contributed by atoms with Gasteiger partial charge in [-0.25, -0.2) is 16.8 Å². The third kappa shape index (κ3) is 5.59. The molecule has 2 aromatic carbocycles. The van der Waals surface area contributed by atoms with Crippen LogP contribution in [0.25, 0.3) is 0 Å². The van der Waals surface area contributed by atoms with E-state index in [2.05, 4.69) is 4.90 Å². The topological polar surface area (TPSA) is 104 Å². The number of piperazine rings is 1. The van der Waals surface area contributed by atoms with Gasteiger partial charge in [0.1, 0.15) is 5.75 Å². The van der Waals surface area contributed by atoms with Crippen molar-refractivity contribution in [3.8, 4) is 5.75 Å². The molecule has 0 saturated carbocycles. The third-order valence-corrected chi connectivity index (χ3v) is 9.55. The van der Waals surface area contributed by atoms with E-state index in [0.29, 0.717) is 44.9 Å². The average molecular weight is 536 g/mol. The van der Waals surface area contributed by atoms with Crippen LogP contribution in [0.1, 0.15) is 35.3 Å². The second-order valence-corrected chi connectivity index (χ2v) is 13.7. The van der Waals surface area contributed by atoms with Crippen LogP contribution < -0.4 is 4.74 Å². The zero-order valence-electron chi connectivity index (χ0n) is 21.1. The van der Waals surface area contributed by atoms with E-state index in [1.807, 2.05) is 27.0 Å². The van der Waals surface area contributed by atoms with Gasteiger partial charge >= 0.3 is 0 Å². The van der Waals surface area contributed by atoms with Gasteiger partial charge in [0, 0.05) is 45.5 Å². The highest BCUT2D eigenvalue weighted by molar-refractivity contribution is 7.90. The monoisotopic (exact) mass is 535 g/mol. The van der Waals surface area contributed by atoms with E-state index in [-0.39, 0.29) is 33.9 Å². The number of rotatable bonds is 6. The van der Waals surface area contributed by atoms with Gasteiger partial charge in [0.2, 0.25) is 10.0 Å². The smallest absolute Gasteiger partial charge is 0.257 e. The summed E-state index contributed by atoms with van der Waals surface area (Å²) in [6.45, 7) is 6.56. The number of hydrogen-bond donors (Lipinski definition) is 0. The molecular formula is C25H33N3O6S2. The van der Waals surface area contributed by atoms with Crippen molar-refractivity contribution in [3.05, 3.63) is 53.1 Å². The second-order valence-electron chi connectivity index (χ2n) is 9.71. The molecule has 0 spiro atoms. The third-order valence-electron chi connectivity index (χ3n) is 6.55. The van der Waals surface area contributed by atoms with E-state index < -0.39 is 19.9 Å². The molecule has 9 nitrogen and oxygen atoms in total. The van der Waals surface area contributed by atoms with E-state index in [1.165, 1.54) is 22.5 Å². The SMILES string of the molecule is CC(C)Oc1ccc(S(C)(=O)=O)cc1C(=O)N1CCc2ccc(S(=O)(=O)N3CCN(C)CC3)cc2C1. The number of nitrogens with zero attached hydrogens (tertiary/aromatic N) is 3. The quantitative estimate of drug-likeness (QED) is 0.557. The van der Waals surface area contributed by atoms with Gasteiger partial charge in [-0.05, 0) is 68.8 Å². The van der Waals surface area contributed by atoms with E-state index in [1.54, 1.807) is 17.0 Å². The Labute approximate surface area is 213 Å². The molecule has 0 bridgehead atoms. The maximum Gasteiger partial charge on any atom is 0.257 e. The number of sulfonamides is 1. The molecule has 2 aliphatic heterocycles. The van der Waals surface area contributed by atoms with E-state index in [9.17, 15) is 21.6 Å². The summed E-state index contributed by atoms with van der Waals surface area (Å²) in [7, 11) is -5.18. The maximum atomic E-state index is 13.6. The van der Waals surface area contributed by atoms with Gasteiger partial charge < -0.3 is 14.5 Å². The lowest BCUT2D eigenvalue weighted by atomic mass is 9.99. The van der Waals surface area contributed by atoms with Crippen LogP contribution in [-0.4, -0.2) is 89.0 Å². The summed E-state index contributed by atoms with van der Waals surface area (Å²) in [5.41, 5.74) is 1.95. The first-order valence-corrected chi connectivity index (χ1v) is 15.3. The lowest BCUT2D eigenvalue weighted by molar-refractivity contribution is 0.0728. The number of benzene rings is 2. The molecule has 2 heterocycles. The Bertz CT molecular complexity index is 1360. The highest BCUT2D eigenvalue weighted by Gasteiger charge is 2.30. The van der Waals surface area contributed by atoms with Crippen molar-refractivity contribution >= 4 is 25.8 Å². The summed E-state index contributed by atoms with van der Waals surface area (Å²) in [5, 5.41) is 0. The van der Waals surface area contributed by atoms with Gasteiger partial charge in [-0.3, -0.25) is 4.79 Å². The molecular weight excluding hydrogens is 502 g/mol. The average Bonchev–Trinajstić information content (AvgIpc) is 2.82. The molecule has 1 amide bonds. The van der Waals surface area contributed by atoms with Crippen molar-refractivity contribution in [2.24, 2.45) is 0 Å². The highest BCUT2D eigenvalue weighted by atomic mass is 32.2. The van der Waals surface area contributed by atoms with Gasteiger partial charge in [0.25, 0.3) is 5.91 Å². The van der Waals surface area contributed by atoms with Crippen LogP contribution in [0.5, 0.6) is 5.75 Å². The summed E-state index contributed by atoms with van der Waals surface area (Å²) >= 11 is 0. The number of likely N-dealkylation sites (N-methyl/N-ethyl adjacent to an activating group) is 1. The molecule has 0 aromatic heterocycles. The largest absolute Gasteiger partial charge is 0.490 e. The molecule has 0 radical (unpaired) electrons. The number of amides is 1. The predicted octanol–water partition coefficient (Wildman–Crippen LogP) is 2.01. The Kier molecular flexibility index (Phi) is 7.47. The predicted molar refractivity (Wildman–Crippen MR) is 136 cm³/mol. The van der Waals surface area contributed by atoms with Gasteiger partial charge in [-0.15, -0.1) is 0 Å². The molecule has 0 atom stereocenters. The highest BCUT2D eigenvalue weighted by Crippen LogP contribution is 2.29. The number of sulfone groups is 1. The number of carbonyl (C=O) groups is 1. The van der Waals surface area contributed by atoms with Gasteiger partial charge in [0.15, 0.2) is 9.84 Å². The summed E-state index contributed by atoms with van der Waals surface area (Å²) in [6.07, 6.45) is 1.46. The van der Waals surface area contributed by atoms with Crippen molar-refractivity contribution < 1.29 is 26.4 Å². The standard InChI is InChI=1S/C25H33N3O6S2/c1-18(2)34-24-8-7-21(35(4,30)31)16-23(24)25(29)27-10-9-19-5-6-22(15-20(19)17-27)36(32,33)28-13-11-26(3)12-14-28/h5-8,15-16,18H,9-14,17H2,1-4H3. The molecule has 1 fully saturated rings. The summed E-state index contributed by atoms with van der Waals surface area (Å²) < 4.78 is 58.1. The zero-order chi connectivity index (χ0) is 26.3. The van der Waals surface area contributed by atoms with Gasteiger partial charge in [-0.1, -0.05) is 6.07 Å². The summed E-state index contributed by atoms with van der Waals surface area (Å²) in [4.78, 5) is 17.5. The Hall–Kier alpha value is -2.47. The van der Waals surface area contributed by atoms with Gasteiger partial charge in [-0.2, -0.15) is 4.31 Å². The van der Waals surface area contributed by atoms with Gasteiger partial charge in [0.05, 0.1) is 21.5 Å². The Morgan fingerprint density at radius 2 is 1.56 bits per heavy atom. The first-order valence-electron chi connectivity index (χ1n) is 12.0. The van der Waals surface area contributed by atoms with Crippen LogP contribution in [0.4, 0.5) is 0 Å². The fraction of sp³-hybridized carbons (Fsp3) is 0.480. The second kappa shape index (κ2) is 10.1. The number of hydrogen-bond acceptors (Lipinski definition) is 7. The Morgan fingerprint density at radius 1 is 0.889 bits per heavy atom. The van der Waals surface area contributed by atoms with Crippen LogP contribution in [0.2, 0.25) is 0 Å². The normalized spacial score (nSPS) is 17.8. The Morgan fingerprint density at radius 3 is 2.19 bits per heavy atom. The van der Waals surface area contributed by atoms with Crippen molar-refractivity contribution in [2.45, 2.75) is 42.7 Å². The van der Waals surface area contributed by atoms with Crippen molar-refractivity contribution in [1.82, 2.24) is 14.1 Å². The van der Waals surface area contributed by atoms with Crippen LogP contribution in [0, 0.1) is 0 Å². The lowest BCUT2D eigenvalue weighted by Gasteiger charge is -2.32. The first kappa shape index (κ1) is 26.6. The van der Waals surface area contributed by atoms with Crippen LogP contribution in [0.3, 0.4) is 0 Å². The molecule has 0 N–H and O–H groups in total. The first-order chi connectivity index (χ1) is 16.9. The van der Waals surface area contributed by atoms with E-state index in [0.717, 1.165) is 17.4 Å². The number of ether oxygens (including phenoxy) is 1. The summed E-state index contributed by atoms with van der Waals surface area (Å²) in [5.74, 6) is -0.0336. The lowest BCUT2D eigenvalue weighted by Crippen LogP contribution is -2.47.